The van der Waals surface area contributed by atoms with Crippen molar-refractivity contribution < 1.29 is 9.90 Å². The zero-order valence-electron chi connectivity index (χ0n) is 8.71. The summed E-state index contributed by atoms with van der Waals surface area (Å²) in [7, 11) is 0. The molecule has 84 valence electrons. The van der Waals surface area contributed by atoms with Crippen LogP contribution >= 0.6 is 22.9 Å². The third-order valence-electron chi connectivity index (χ3n) is 1.94. The van der Waals surface area contributed by atoms with Crippen molar-refractivity contribution in [3.63, 3.8) is 0 Å². The minimum absolute atomic E-state index is 0.152. The van der Waals surface area contributed by atoms with E-state index >= 15 is 0 Å². The molecule has 0 saturated carbocycles. The molecule has 5 heteroatoms. The third kappa shape index (κ3) is 4.53. The summed E-state index contributed by atoms with van der Waals surface area (Å²) in [5, 5.41) is 12.9. The number of thiophene rings is 1. The van der Waals surface area contributed by atoms with E-state index < -0.39 is 5.97 Å². The van der Waals surface area contributed by atoms with Crippen LogP contribution in [0.3, 0.4) is 0 Å². The van der Waals surface area contributed by atoms with Gasteiger partial charge in [0.25, 0.3) is 0 Å². The molecule has 0 spiro atoms. The molecule has 0 saturated heterocycles. The van der Waals surface area contributed by atoms with Gasteiger partial charge in [-0.05, 0) is 17.5 Å². The Hall–Kier alpha value is -0.740. The first-order valence-electron chi connectivity index (χ1n) is 4.60. The van der Waals surface area contributed by atoms with E-state index in [9.17, 15) is 4.79 Å². The van der Waals surface area contributed by atoms with Crippen molar-refractivity contribution in [3.05, 3.63) is 16.5 Å². The van der Waals surface area contributed by atoms with Crippen molar-refractivity contribution in [1.82, 2.24) is 0 Å². The van der Waals surface area contributed by atoms with Crippen LogP contribution in [0.25, 0.3) is 0 Å². The number of hydrogen-bond acceptors (Lipinski definition) is 3. The largest absolute Gasteiger partial charge is 0.481 e. The Morgan fingerprint density at radius 2 is 2.27 bits per heavy atom. The Balaban J connectivity index is 2.45. The Labute approximate surface area is 98.1 Å². The van der Waals surface area contributed by atoms with Crippen molar-refractivity contribution in [2.45, 2.75) is 20.3 Å². The normalized spacial score (nSPS) is 11.4. The average Bonchev–Trinajstić information content (AvgIpc) is 2.46. The quantitative estimate of drug-likeness (QED) is 0.839. The van der Waals surface area contributed by atoms with E-state index in [4.69, 9.17) is 16.7 Å². The average molecular weight is 248 g/mol. The third-order valence-corrected chi connectivity index (χ3v) is 3.13. The molecule has 0 fully saturated rings. The molecule has 0 aromatic carbocycles. The first-order chi connectivity index (χ1) is 6.89. The molecular weight excluding hydrogens is 234 g/mol. The highest BCUT2D eigenvalue weighted by Crippen LogP contribution is 2.28. The highest BCUT2D eigenvalue weighted by atomic mass is 35.5. The Morgan fingerprint density at radius 3 is 2.73 bits per heavy atom. The van der Waals surface area contributed by atoms with Gasteiger partial charge in [0.05, 0.1) is 15.8 Å². The number of halogens is 1. The van der Waals surface area contributed by atoms with Gasteiger partial charge in [-0.1, -0.05) is 25.4 Å². The van der Waals surface area contributed by atoms with Gasteiger partial charge in [-0.25, -0.2) is 0 Å². The van der Waals surface area contributed by atoms with Gasteiger partial charge in [-0.15, -0.1) is 11.3 Å². The number of carboxylic acid groups (broad SMARTS) is 1. The second kappa shape index (κ2) is 4.86. The predicted octanol–water partition coefficient (Wildman–Crippen LogP) is 3.31. The molecule has 3 nitrogen and oxygen atoms in total. The van der Waals surface area contributed by atoms with Crippen LogP contribution < -0.4 is 5.32 Å². The summed E-state index contributed by atoms with van der Waals surface area (Å²) < 4.78 is 0.730. The first kappa shape index (κ1) is 12.3. The van der Waals surface area contributed by atoms with E-state index in [2.05, 4.69) is 5.32 Å². The maximum Gasteiger partial charge on any atom is 0.303 e. The molecule has 1 aromatic heterocycles. The summed E-state index contributed by atoms with van der Waals surface area (Å²) in [5.41, 5.74) is -0.262. The van der Waals surface area contributed by atoms with Crippen LogP contribution in [0.1, 0.15) is 20.3 Å². The summed E-state index contributed by atoms with van der Waals surface area (Å²) in [5.74, 6) is -0.772. The molecule has 0 amide bonds. The van der Waals surface area contributed by atoms with E-state index in [0.29, 0.717) is 6.54 Å². The van der Waals surface area contributed by atoms with Crippen molar-refractivity contribution in [3.8, 4) is 0 Å². The maximum atomic E-state index is 10.6. The van der Waals surface area contributed by atoms with Gasteiger partial charge in [-0.3, -0.25) is 4.79 Å². The lowest BCUT2D eigenvalue weighted by Crippen LogP contribution is -2.25. The second-order valence-electron chi connectivity index (χ2n) is 4.19. The Kier molecular flexibility index (Phi) is 3.99. The van der Waals surface area contributed by atoms with E-state index in [1.54, 1.807) is 0 Å². The van der Waals surface area contributed by atoms with Crippen LogP contribution in [0.15, 0.2) is 12.1 Å². The van der Waals surface area contributed by atoms with E-state index in [1.807, 2.05) is 26.0 Å². The summed E-state index contributed by atoms with van der Waals surface area (Å²) in [4.78, 5) is 10.6. The molecule has 2 N–H and O–H groups in total. The fourth-order valence-electron chi connectivity index (χ4n) is 1.21. The number of aliphatic carboxylic acids is 1. The summed E-state index contributed by atoms with van der Waals surface area (Å²) in [6, 6.07) is 3.71. The number of hydrogen-bond donors (Lipinski definition) is 2. The summed E-state index contributed by atoms with van der Waals surface area (Å²) in [6.07, 6.45) is 0.152. The van der Waals surface area contributed by atoms with Crippen LogP contribution in [0, 0.1) is 5.41 Å². The van der Waals surface area contributed by atoms with Gasteiger partial charge in [0.2, 0.25) is 0 Å². The van der Waals surface area contributed by atoms with E-state index in [0.717, 1.165) is 9.34 Å². The van der Waals surface area contributed by atoms with E-state index in [1.165, 1.54) is 11.3 Å². The lowest BCUT2D eigenvalue weighted by Gasteiger charge is -2.22. The van der Waals surface area contributed by atoms with Crippen molar-refractivity contribution in [1.29, 1.82) is 0 Å². The van der Waals surface area contributed by atoms with E-state index in [-0.39, 0.29) is 11.8 Å². The van der Waals surface area contributed by atoms with Crippen LogP contribution in [0.2, 0.25) is 4.34 Å². The number of carbonyl (C=O) groups is 1. The van der Waals surface area contributed by atoms with Gasteiger partial charge in [0.15, 0.2) is 0 Å². The van der Waals surface area contributed by atoms with Crippen LogP contribution in [-0.4, -0.2) is 17.6 Å². The Morgan fingerprint density at radius 1 is 1.60 bits per heavy atom. The van der Waals surface area contributed by atoms with Crippen molar-refractivity contribution in [2.24, 2.45) is 5.41 Å². The van der Waals surface area contributed by atoms with Crippen molar-refractivity contribution >= 4 is 33.9 Å². The molecular formula is C10H14ClNO2S. The summed E-state index contributed by atoms with van der Waals surface area (Å²) >= 11 is 7.23. The summed E-state index contributed by atoms with van der Waals surface area (Å²) in [6.45, 7) is 4.46. The highest BCUT2D eigenvalue weighted by molar-refractivity contribution is 7.19. The second-order valence-corrected chi connectivity index (χ2v) is 5.91. The molecule has 0 unspecified atom stereocenters. The number of rotatable bonds is 5. The molecule has 0 bridgehead atoms. The van der Waals surface area contributed by atoms with Crippen molar-refractivity contribution in [2.75, 3.05) is 11.9 Å². The van der Waals surface area contributed by atoms with Gasteiger partial charge in [-0.2, -0.15) is 0 Å². The number of nitrogens with one attached hydrogen (secondary N) is 1. The van der Waals surface area contributed by atoms with Gasteiger partial charge < -0.3 is 10.4 Å². The topological polar surface area (TPSA) is 49.3 Å². The van der Waals surface area contributed by atoms with Crippen LogP contribution in [0.5, 0.6) is 0 Å². The maximum absolute atomic E-state index is 10.6. The van der Waals surface area contributed by atoms with Gasteiger partial charge in [0, 0.05) is 6.54 Å². The molecule has 1 heterocycles. The molecule has 0 radical (unpaired) electrons. The fourth-order valence-corrected chi connectivity index (χ4v) is 2.15. The van der Waals surface area contributed by atoms with Crippen LogP contribution in [0.4, 0.5) is 5.00 Å². The SMILES string of the molecule is CC(C)(CNc1ccc(Cl)s1)CC(=O)O. The number of carboxylic acids is 1. The first-order valence-corrected chi connectivity index (χ1v) is 5.79. The molecule has 0 aliphatic carbocycles. The lowest BCUT2D eigenvalue weighted by atomic mass is 9.89. The Bertz CT molecular complexity index is 349. The van der Waals surface area contributed by atoms with Gasteiger partial charge >= 0.3 is 5.97 Å². The standard InChI is InChI=1S/C10H14ClNO2S/c1-10(2,5-9(13)14)6-12-8-4-3-7(11)15-8/h3-4,12H,5-6H2,1-2H3,(H,13,14). The molecule has 1 rings (SSSR count). The van der Waals surface area contributed by atoms with Gasteiger partial charge in [0.1, 0.15) is 0 Å². The molecule has 1 aromatic rings. The zero-order chi connectivity index (χ0) is 11.5. The minimum Gasteiger partial charge on any atom is -0.481 e. The monoisotopic (exact) mass is 247 g/mol. The molecule has 15 heavy (non-hydrogen) atoms. The lowest BCUT2D eigenvalue weighted by molar-refractivity contribution is -0.139. The zero-order valence-corrected chi connectivity index (χ0v) is 10.3. The fraction of sp³-hybridized carbons (Fsp3) is 0.500. The minimum atomic E-state index is -0.772. The number of anilines is 1. The smallest absolute Gasteiger partial charge is 0.303 e. The predicted molar refractivity (Wildman–Crippen MR) is 63.9 cm³/mol. The molecule has 0 atom stereocenters. The molecule has 0 aliphatic heterocycles. The van der Waals surface area contributed by atoms with Crippen LogP contribution in [-0.2, 0) is 4.79 Å². The molecule has 0 aliphatic rings. The highest BCUT2D eigenvalue weighted by Gasteiger charge is 2.21.